The van der Waals surface area contributed by atoms with Crippen LogP contribution in [0.2, 0.25) is 0 Å². The molecule has 0 rings (SSSR count). The summed E-state index contributed by atoms with van der Waals surface area (Å²) in [5.41, 5.74) is 2.36. The average Bonchev–Trinajstić information content (AvgIpc) is 1.89. The van der Waals surface area contributed by atoms with Gasteiger partial charge in [-0.05, 0) is 6.42 Å². The predicted molar refractivity (Wildman–Crippen MR) is 37.2 cm³/mol. The Morgan fingerprint density at radius 2 is 2.33 bits per heavy atom. The Bertz CT molecular complexity index is 110. The summed E-state index contributed by atoms with van der Waals surface area (Å²) in [6.07, 6.45) is 3.00. The lowest BCUT2D eigenvalue weighted by Crippen LogP contribution is -2.15. The molecule has 1 N–H and O–H groups in total. The molecule has 0 saturated heterocycles. The normalized spacial score (nSPS) is 10.0. The number of hydrogen-bond acceptors (Lipinski definition) is 2. The first-order chi connectivity index (χ1) is 4.31. The van der Waals surface area contributed by atoms with Gasteiger partial charge in [-0.1, -0.05) is 13.8 Å². The Kier molecular flexibility index (Phi) is 4.78. The molecule has 0 aromatic carbocycles. The maximum absolute atomic E-state index is 10.5. The van der Waals surface area contributed by atoms with Crippen molar-refractivity contribution in [1.82, 2.24) is 5.43 Å². The highest BCUT2D eigenvalue weighted by Gasteiger charge is 1.88. The highest BCUT2D eigenvalue weighted by atomic mass is 16.2. The van der Waals surface area contributed by atoms with Crippen LogP contribution in [0.4, 0.5) is 0 Å². The molecule has 0 bridgehead atoms. The number of hydrazone groups is 1. The van der Waals surface area contributed by atoms with E-state index in [0.29, 0.717) is 6.42 Å². The van der Waals surface area contributed by atoms with Gasteiger partial charge in [0.1, 0.15) is 0 Å². The van der Waals surface area contributed by atoms with Crippen molar-refractivity contribution in [2.24, 2.45) is 5.10 Å². The van der Waals surface area contributed by atoms with Crippen LogP contribution >= 0.6 is 0 Å². The van der Waals surface area contributed by atoms with Crippen LogP contribution in [0.15, 0.2) is 5.10 Å². The van der Waals surface area contributed by atoms with Crippen LogP contribution in [0.3, 0.4) is 0 Å². The Hall–Kier alpha value is -0.860. The third kappa shape index (κ3) is 5.00. The van der Waals surface area contributed by atoms with Crippen molar-refractivity contribution in [2.45, 2.75) is 26.7 Å². The second-order valence-corrected chi connectivity index (χ2v) is 1.61. The van der Waals surface area contributed by atoms with Gasteiger partial charge in [0.15, 0.2) is 0 Å². The lowest BCUT2D eigenvalue weighted by atomic mass is 10.5. The molecular weight excluding hydrogens is 116 g/mol. The number of nitrogens with one attached hydrogen (secondary N) is 1. The zero-order valence-corrected chi connectivity index (χ0v) is 5.85. The number of nitrogens with zero attached hydrogens (tertiary/aromatic N) is 1. The molecule has 0 saturated carbocycles. The number of carbonyl (C=O) groups excluding carboxylic acids is 1. The topological polar surface area (TPSA) is 41.5 Å². The van der Waals surface area contributed by atoms with Gasteiger partial charge in [-0.25, -0.2) is 5.43 Å². The van der Waals surface area contributed by atoms with E-state index < -0.39 is 0 Å². The fourth-order valence-electron chi connectivity index (χ4n) is 0.288. The molecule has 9 heavy (non-hydrogen) atoms. The monoisotopic (exact) mass is 128 g/mol. The Morgan fingerprint density at radius 3 is 2.78 bits per heavy atom. The molecule has 52 valence electrons. The first-order valence-corrected chi connectivity index (χ1v) is 3.11. The number of carbonyl (C=O) groups is 1. The van der Waals surface area contributed by atoms with Gasteiger partial charge in [-0.15, -0.1) is 0 Å². The van der Waals surface area contributed by atoms with E-state index in [1.165, 1.54) is 0 Å². The van der Waals surface area contributed by atoms with Crippen LogP contribution < -0.4 is 5.43 Å². The maximum atomic E-state index is 10.5. The summed E-state index contributed by atoms with van der Waals surface area (Å²) in [5.74, 6) is -0.0419. The van der Waals surface area contributed by atoms with Crippen molar-refractivity contribution in [1.29, 1.82) is 0 Å². The molecule has 0 aliphatic heterocycles. The van der Waals surface area contributed by atoms with Crippen LogP contribution in [0.5, 0.6) is 0 Å². The lowest BCUT2D eigenvalue weighted by Gasteiger charge is -1.91. The van der Waals surface area contributed by atoms with Gasteiger partial charge in [-0.3, -0.25) is 4.79 Å². The van der Waals surface area contributed by atoms with Crippen molar-refractivity contribution in [3.05, 3.63) is 0 Å². The van der Waals surface area contributed by atoms with Crippen LogP contribution in [-0.2, 0) is 4.79 Å². The quantitative estimate of drug-likeness (QED) is 0.445. The molecule has 0 aromatic rings. The summed E-state index contributed by atoms with van der Waals surface area (Å²) in [5, 5.41) is 3.64. The molecule has 0 heterocycles. The van der Waals surface area contributed by atoms with E-state index in [4.69, 9.17) is 0 Å². The van der Waals surface area contributed by atoms with Gasteiger partial charge >= 0.3 is 0 Å². The molecule has 0 aromatic heterocycles. The summed E-state index contributed by atoms with van der Waals surface area (Å²) in [7, 11) is 0. The average molecular weight is 128 g/mol. The van der Waals surface area contributed by atoms with Gasteiger partial charge < -0.3 is 0 Å². The lowest BCUT2D eigenvalue weighted by molar-refractivity contribution is -0.120. The minimum absolute atomic E-state index is 0.0419. The van der Waals surface area contributed by atoms with Gasteiger partial charge in [0, 0.05) is 12.6 Å². The first-order valence-electron chi connectivity index (χ1n) is 3.11. The van der Waals surface area contributed by atoms with Crippen molar-refractivity contribution < 1.29 is 4.79 Å². The van der Waals surface area contributed by atoms with E-state index in [-0.39, 0.29) is 5.91 Å². The van der Waals surface area contributed by atoms with Crippen LogP contribution in [0, 0.1) is 0 Å². The zero-order chi connectivity index (χ0) is 7.11. The summed E-state index contributed by atoms with van der Waals surface area (Å²) in [4.78, 5) is 10.5. The highest BCUT2D eigenvalue weighted by molar-refractivity contribution is 5.76. The maximum Gasteiger partial charge on any atom is 0.239 e. The van der Waals surface area contributed by atoms with Crippen LogP contribution in [0.1, 0.15) is 26.7 Å². The van der Waals surface area contributed by atoms with Crippen LogP contribution in [0.25, 0.3) is 0 Å². The molecule has 0 spiro atoms. The summed E-state index contributed by atoms with van der Waals surface area (Å²) < 4.78 is 0. The summed E-state index contributed by atoms with van der Waals surface area (Å²) in [6.45, 7) is 3.75. The smallest absolute Gasteiger partial charge is 0.239 e. The SMILES string of the molecule is CC/C=N/NC(=O)CC. The number of hydrogen-bond donors (Lipinski definition) is 1. The summed E-state index contributed by atoms with van der Waals surface area (Å²) >= 11 is 0. The largest absolute Gasteiger partial charge is 0.273 e. The molecule has 0 unspecified atom stereocenters. The molecule has 0 radical (unpaired) electrons. The van der Waals surface area contributed by atoms with E-state index in [1.54, 1.807) is 13.1 Å². The van der Waals surface area contributed by atoms with Crippen molar-refractivity contribution in [3.8, 4) is 0 Å². The van der Waals surface area contributed by atoms with Gasteiger partial charge in [-0.2, -0.15) is 5.10 Å². The fourth-order valence-corrected chi connectivity index (χ4v) is 0.288. The van der Waals surface area contributed by atoms with Crippen molar-refractivity contribution >= 4 is 12.1 Å². The Balaban J connectivity index is 3.26. The molecule has 1 amide bonds. The third-order valence-electron chi connectivity index (χ3n) is 0.784. The molecule has 0 aliphatic rings. The molecule has 0 atom stereocenters. The minimum atomic E-state index is -0.0419. The van der Waals surface area contributed by atoms with Crippen molar-refractivity contribution in [3.63, 3.8) is 0 Å². The molecule has 3 nitrogen and oxygen atoms in total. The van der Waals surface area contributed by atoms with E-state index >= 15 is 0 Å². The van der Waals surface area contributed by atoms with E-state index in [9.17, 15) is 4.79 Å². The van der Waals surface area contributed by atoms with Gasteiger partial charge in [0.05, 0.1) is 0 Å². The zero-order valence-electron chi connectivity index (χ0n) is 5.85. The van der Waals surface area contributed by atoms with E-state index in [2.05, 4.69) is 10.5 Å². The van der Waals surface area contributed by atoms with Gasteiger partial charge in [0.2, 0.25) is 5.91 Å². The standard InChI is InChI=1S/C6H12N2O/c1-3-5-7-8-6(9)4-2/h5H,3-4H2,1-2H3,(H,8,9)/b7-5+. The highest BCUT2D eigenvalue weighted by Crippen LogP contribution is 1.73. The Labute approximate surface area is 55.1 Å². The van der Waals surface area contributed by atoms with E-state index in [1.807, 2.05) is 6.92 Å². The number of rotatable bonds is 3. The minimum Gasteiger partial charge on any atom is -0.273 e. The predicted octanol–water partition coefficient (Wildman–Crippen LogP) is 0.908. The van der Waals surface area contributed by atoms with Gasteiger partial charge in [0.25, 0.3) is 0 Å². The third-order valence-corrected chi connectivity index (χ3v) is 0.784. The second-order valence-electron chi connectivity index (χ2n) is 1.61. The molecule has 3 heteroatoms. The Morgan fingerprint density at radius 1 is 1.67 bits per heavy atom. The number of amides is 1. The van der Waals surface area contributed by atoms with Crippen molar-refractivity contribution in [2.75, 3.05) is 0 Å². The van der Waals surface area contributed by atoms with Crippen LogP contribution in [-0.4, -0.2) is 12.1 Å². The molecular formula is C6H12N2O. The molecule has 0 fully saturated rings. The fraction of sp³-hybridized carbons (Fsp3) is 0.667. The summed E-state index contributed by atoms with van der Waals surface area (Å²) in [6, 6.07) is 0. The van der Waals surface area contributed by atoms with E-state index in [0.717, 1.165) is 6.42 Å². The molecule has 0 aliphatic carbocycles. The first kappa shape index (κ1) is 8.14. The second kappa shape index (κ2) is 5.28.